The molecule has 1 saturated carbocycles. The highest BCUT2D eigenvalue weighted by Crippen LogP contribution is 2.47. The van der Waals surface area contributed by atoms with Gasteiger partial charge in [0.2, 0.25) is 0 Å². The SMILES string of the molecule is CC=CCCC(CCCCCc1ccccc1)(C(=O)O)C1CCCC1. The summed E-state index contributed by atoms with van der Waals surface area (Å²) < 4.78 is 0. The van der Waals surface area contributed by atoms with Crippen LogP contribution in [0.1, 0.15) is 76.7 Å². The van der Waals surface area contributed by atoms with Gasteiger partial charge >= 0.3 is 5.97 Å². The van der Waals surface area contributed by atoms with Gasteiger partial charge in [-0.2, -0.15) is 0 Å². The van der Waals surface area contributed by atoms with Gasteiger partial charge in [0, 0.05) is 0 Å². The van der Waals surface area contributed by atoms with E-state index >= 15 is 0 Å². The molecule has 1 aromatic rings. The monoisotopic (exact) mass is 342 g/mol. The van der Waals surface area contributed by atoms with E-state index in [1.165, 1.54) is 18.4 Å². The number of unbranched alkanes of at least 4 members (excludes halogenated alkanes) is 2. The Morgan fingerprint density at radius 3 is 2.48 bits per heavy atom. The van der Waals surface area contributed by atoms with Crippen molar-refractivity contribution in [3.63, 3.8) is 0 Å². The molecule has 2 rings (SSSR count). The van der Waals surface area contributed by atoms with Gasteiger partial charge in [0.1, 0.15) is 0 Å². The van der Waals surface area contributed by atoms with Crippen molar-refractivity contribution >= 4 is 5.97 Å². The predicted octanol–water partition coefficient (Wildman–Crippen LogP) is 6.41. The van der Waals surface area contributed by atoms with Gasteiger partial charge in [-0.15, -0.1) is 0 Å². The first kappa shape index (κ1) is 19.8. The average Bonchev–Trinajstić information content (AvgIpc) is 3.16. The second-order valence-electron chi connectivity index (χ2n) is 7.60. The quantitative estimate of drug-likeness (QED) is 0.373. The van der Waals surface area contributed by atoms with Crippen molar-refractivity contribution in [2.75, 3.05) is 0 Å². The van der Waals surface area contributed by atoms with Crippen molar-refractivity contribution in [3.8, 4) is 0 Å². The number of aliphatic carboxylic acids is 1. The fourth-order valence-corrected chi connectivity index (χ4v) is 4.50. The first-order valence-electron chi connectivity index (χ1n) is 10.1. The zero-order valence-electron chi connectivity index (χ0n) is 15.8. The minimum Gasteiger partial charge on any atom is -0.481 e. The van der Waals surface area contributed by atoms with Crippen LogP contribution in [-0.2, 0) is 11.2 Å². The minimum absolute atomic E-state index is 0.379. The largest absolute Gasteiger partial charge is 0.481 e. The average molecular weight is 343 g/mol. The van der Waals surface area contributed by atoms with E-state index in [1.54, 1.807) is 0 Å². The Morgan fingerprint density at radius 1 is 1.12 bits per heavy atom. The lowest BCUT2D eigenvalue weighted by atomic mass is 9.68. The fraction of sp³-hybridized carbons (Fsp3) is 0.609. The summed E-state index contributed by atoms with van der Waals surface area (Å²) in [7, 11) is 0. The molecule has 0 aromatic heterocycles. The molecular weight excluding hydrogens is 308 g/mol. The number of hydrogen-bond acceptors (Lipinski definition) is 1. The molecule has 0 spiro atoms. The van der Waals surface area contributed by atoms with Crippen LogP contribution in [0, 0.1) is 11.3 Å². The lowest BCUT2D eigenvalue weighted by Crippen LogP contribution is -2.37. The molecule has 2 heteroatoms. The van der Waals surface area contributed by atoms with Gasteiger partial charge in [0.15, 0.2) is 0 Å². The maximum atomic E-state index is 12.3. The number of carboxylic acids is 1. The standard InChI is InChI=1S/C23H34O2/c1-2-3-11-18-23(22(24)25,21-16-9-10-17-21)19-12-5-8-15-20-13-6-4-7-14-20/h2-4,6-7,13-14,21H,5,8-12,15-19H2,1H3,(H,24,25). The van der Waals surface area contributed by atoms with Crippen molar-refractivity contribution in [1.29, 1.82) is 0 Å². The van der Waals surface area contributed by atoms with Crippen LogP contribution in [0.25, 0.3) is 0 Å². The highest BCUT2D eigenvalue weighted by Gasteiger charge is 2.45. The number of rotatable bonds is 11. The molecule has 1 aliphatic rings. The van der Waals surface area contributed by atoms with E-state index in [-0.39, 0.29) is 0 Å². The van der Waals surface area contributed by atoms with E-state index in [4.69, 9.17) is 0 Å². The van der Waals surface area contributed by atoms with E-state index in [2.05, 4.69) is 36.4 Å². The Labute approximate surface area is 153 Å². The Bertz CT molecular complexity index is 528. The zero-order chi connectivity index (χ0) is 18.0. The molecule has 1 atom stereocenters. The van der Waals surface area contributed by atoms with Crippen LogP contribution in [0.3, 0.4) is 0 Å². The normalized spacial score (nSPS) is 17.8. The first-order valence-corrected chi connectivity index (χ1v) is 10.1. The molecule has 0 saturated heterocycles. The summed E-state index contributed by atoms with van der Waals surface area (Å²) in [5.41, 5.74) is 0.888. The molecule has 2 nitrogen and oxygen atoms in total. The van der Waals surface area contributed by atoms with E-state index in [0.717, 1.165) is 57.8 Å². The zero-order valence-corrected chi connectivity index (χ0v) is 15.8. The summed E-state index contributed by atoms with van der Waals surface area (Å²) in [6.07, 6.45) is 15.7. The van der Waals surface area contributed by atoms with Gasteiger partial charge < -0.3 is 5.11 Å². The molecule has 0 amide bonds. The highest BCUT2D eigenvalue weighted by molar-refractivity contribution is 5.75. The molecule has 0 aliphatic heterocycles. The van der Waals surface area contributed by atoms with Gasteiger partial charge in [-0.1, -0.05) is 68.2 Å². The van der Waals surface area contributed by atoms with Crippen LogP contribution in [-0.4, -0.2) is 11.1 Å². The van der Waals surface area contributed by atoms with Crippen LogP contribution in [0.4, 0.5) is 0 Å². The Morgan fingerprint density at radius 2 is 1.84 bits per heavy atom. The molecular formula is C23H34O2. The molecule has 1 aromatic carbocycles. The number of benzene rings is 1. The van der Waals surface area contributed by atoms with E-state index in [1.807, 2.05) is 13.0 Å². The number of hydrogen-bond donors (Lipinski definition) is 1. The number of allylic oxidation sites excluding steroid dienone is 2. The van der Waals surface area contributed by atoms with Crippen molar-refractivity contribution in [2.45, 2.75) is 77.6 Å². The fourth-order valence-electron chi connectivity index (χ4n) is 4.50. The third kappa shape index (κ3) is 5.73. The summed E-state index contributed by atoms with van der Waals surface area (Å²) in [5, 5.41) is 10.1. The Kier molecular flexibility index (Phi) is 8.24. The summed E-state index contributed by atoms with van der Waals surface area (Å²) in [4.78, 5) is 12.3. The van der Waals surface area contributed by atoms with Gasteiger partial charge in [-0.25, -0.2) is 0 Å². The summed E-state index contributed by atoms with van der Waals surface area (Å²) in [6.45, 7) is 2.02. The van der Waals surface area contributed by atoms with Crippen molar-refractivity contribution in [1.82, 2.24) is 0 Å². The maximum absolute atomic E-state index is 12.3. The summed E-state index contributed by atoms with van der Waals surface area (Å²) in [6, 6.07) is 10.6. The molecule has 1 N–H and O–H groups in total. The number of carbonyl (C=O) groups is 1. The lowest BCUT2D eigenvalue weighted by molar-refractivity contribution is -0.154. The summed E-state index contributed by atoms with van der Waals surface area (Å²) >= 11 is 0. The van der Waals surface area contributed by atoms with Gasteiger partial charge in [-0.05, 0) is 63.4 Å². The van der Waals surface area contributed by atoms with Crippen LogP contribution < -0.4 is 0 Å². The lowest BCUT2D eigenvalue weighted by Gasteiger charge is -2.35. The Hall–Kier alpha value is -1.57. The predicted molar refractivity (Wildman–Crippen MR) is 105 cm³/mol. The molecule has 0 radical (unpaired) electrons. The number of aryl methyl sites for hydroxylation is 1. The van der Waals surface area contributed by atoms with E-state index < -0.39 is 11.4 Å². The molecule has 25 heavy (non-hydrogen) atoms. The van der Waals surface area contributed by atoms with Gasteiger partial charge in [0.05, 0.1) is 5.41 Å². The van der Waals surface area contributed by atoms with Crippen molar-refractivity contribution < 1.29 is 9.90 Å². The Balaban J connectivity index is 1.89. The second kappa shape index (κ2) is 10.4. The summed E-state index contributed by atoms with van der Waals surface area (Å²) in [5.74, 6) is -0.170. The van der Waals surface area contributed by atoms with Gasteiger partial charge in [-0.3, -0.25) is 4.79 Å². The minimum atomic E-state index is -0.549. The van der Waals surface area contributed by atoms with Crippen molar-refractivity contribution in [2.24, 2.45) is 11.3 Å². The highest BCUT2D eigenvalue weighted by atomic mass is 16.4. The third-order valence-electron chi connectivity index (χ3n) is 5.99. The van der Waals surface area contributed by atoms with Crippen LogP contribution in [0.2, 0.25) is 0 Å². The molecule has 1 unspecified atom stereocenters. The van der Waals surface area contributed by atoms with Gasteiger partial charge in [0.25, 0.3) is 0 Å². The molecule has 1 fully saturated rings. The first-order chi connectivity index (χ1) is 12.2. The molecule has 1 aliphatic carbocycles. The van der Waals surface area contributed by atoms with E-state index in [9.17, 15) is 9.90 Å². The van der Waals surface area contributed by atoms with Crippen LogP contribution in [0.15, 0.2) is 42.5 Å². The number of carboxylic acid groups (broad SMARTS) is 1. The van der Waals surface area contributed by atoms with E-state index in [0.29, 0.717) is 5.92 Å². The topological polar surface area (TPSA) is 37.3 Å². The smallest absolute Gasteiger partial charge is 0.309 e. The third-order valence-corrected chi connectivity index (χ3v) is 5.99. The molecule has 138 valence electrons. The maximum Gasteiger partial charge on any atom is 0.309 e. The molecule has 0 heterocycles. The van der Waals surface area contributed by atoms with Crippen LogP contribution in [0.5, 0.6) is 0 Å². The molecule has 0 bridgehead atoms. The second-order valence-corrected chi connectivity index (χ2v) is 7.60. The van der Waals surface area contributed by atoms with Crippen LogP contribution >= 0.6 is 0 Å². The van der Waals surface area contributed by atoms with Crippen molar-refractivity contribution in [3.05, 3.63) is 48.0 Å².